The van der Waals surface area contributed by atoms with Crippen molar-refractivity contribution in [3.63, 3.8) is 0 Å². The molecule has 0 spiro atoms. The van der Waals surface area contributed by atoms with E-state index >= 15 is 0 Å². The number of nitrogens with one attached hydrogen (secondary N) is 2. The fraction of sp³-hybridized carbons (Fsp3) is 0.190. The van der Waals surface area contributed by atoms with Gasteiger partial charge in [0.15, 0.2) is 5.92 Å². The summed E-state index contributed by atoms with van der Waals surface area (Å²) in [6.45, 7) is 0. The largest absolute Gasteiger partial charge is 0.493 e. The summed E-state index contributed by atoms with van der Waals surface area (Å²) in [4.78, 5) is 59.5. The lowest BCUT2D eigenvalue weighted by atomic mass is 10.1. The molecule has 41 heavy (non-hydrogen) atoms. The molecule has 20 heteroatoms. The van der Waals surface area contributed by atoms with Gasteiger partial charge >= 0.3 is 11.9 Å². The standard InChI is InChI=1S/C9H5ClN6O2.C9H9ClN2O4.C2H4N4.CH4/c10-4-1-11-2-12-6(4)5-7(17)15-9-13-3-14-16(9)8(5)18;1-15-8(13)6(9(14)16-2)7-5(10)3-11-4-12-7;3-2-4-1-5-6-2;/h1-3,18H,(H,13,14,15,17);3-4,6H,1-2H3;1H,(H3,3,4,5,6);1H4. The third-order valence-electron chi connectivity index (χ3n) is 4.61. The van der Waals surface area contributed by atoms with Crippen molar-refractivity contribution in [2.24, 2.45) is 0 Å². The van der Waals surface area contributed by atoms with Gasteiger partial charge < -0.3 is 20.3 Å². The van der Waals surface area contributed by atoms with Crippen LogP contribution in [-0.2, 0) is 19.1 Å². The number of carbonyl (C=O) groups is 2. The molecule has 0 amide bonds. The van der Waals surface area contributed by atoms with E-state index in [0.29, 0.717) is 5.95 Å². The highest BCUT2D eigenvalue weighted by molar-refractivity contribution is 6.33. The van der Waals surface area contributed by atoms with Gasteiger partial charge in [-0.1, -0.05) is 30.6 Å². The molecule has 0 saturated heterocycles. The number of aromatic hydroxyl groups is 1. The third-order valence-corrected chi connectivity index (χ3v) is 5.17. The Labute approximate surface area is 240 Å². The highest BCUT2D eigenvalue weighted by atomic mass is 35.5. The maximum atomic E-state index is 11.9. The zero-order valence-electron chi connectivity index (χ0n) is 20.4. The first kappa shape index (κ1) is 32.0. The van der Waals surface area contributed by atoms with Gasteiger partial charge in [-0.05, 0) is 0 Å². The van der Waals surface area contributed by atoms with Gasteiger partial charge in [0.2, 0.25) is 17.6 Å². The third kappa shape index (κ3) is 7.67. The Morgan fingerprint density at radius 1 is 0.976 bits per heavy atom. The van der Waals surface area contributed by atoms with Crippen LogP contribution in [0.4, 0.5) is 5.95 Å². The van der Waals surface area contributed by atoms with Crippen molar-refractivity contribution in [2.75, 3.05) is 20.0 Å². The fourth-order valence-electron chi connectivity index (χ4n) is 2.87. The normalized spacial score (nSPS) is 9.98. The van der Waals surface area contributed by atoms with Gasteiger partial charge in [0.05, 0.1) is 30.0 Å². The number of rotatable bonds is 4. The van der Waals surface area contributed by atoms with Crippen LogP contribution in [-0.4, -0.2) is 86.0 Å². The van der Waals surface area contributed by atoms with Crippen LogP contribution in [0.15, 0.2) is 42.5 Å². The number of esters is 2. The number of ether oxygens (including phenoxy) is 2. The number of carbonyl (C=O) groups excluding carboxylic acids is 2. The average molecular weight is 609 g/mol. The summed E-state index contributed by atoms with van der Waals surface area (Å²) < 4.78 is 10.1. The maximum Gasteiger partial charge on any atom is 0.326 e. The van der Waals surface area contributed by atoms with Crippen molar-refractivity contribution < 1.29 is 24.2 Å². The number of hydrogen-bond donors (Lipinski definition) is 4. The molecule has 0 aliphatic carbocycles. The zero-order chi connectivity index (χ0) is 29.2. The molecule has 0 unspecified atom stereocenters. The van der Waals surface area contributed by atoms with Gasteiger partial charge in [-0.2, -0.15) is 19.7 Å². The number of methoxy groups -OCH3 is 2. The first-order valence-electron chi connectivity index (χ1n) is 10.5. The minimum atomic E-state index is -1.29. The van der Waals surface area contributed by atoms with Crippen LogP contribution in [0.3, 0.4) is 0 Å². The summed E-state index contributed by atoms with van der Waals surface area (Å²) in [5, 5.41) is 19.9. The van der Waals surface area contributed by atoms with Gasteiger partial charge in [0.25, 0.3) is 5.56 Å². The van der Waals surface area contributed by atoms with E-state index in [9.17, 15) is 19.5 Å². The molecule has 5 heterocycles. The molecule has 0 aliphatic rings. The van der Waals surface area contributed by atoms with E-state index in [2.05, 4.69) is 59.7 Å². The Morgan fingerprint density at radius 2 is 1.61 bits per heavy atom. The second-order valence-electron chi connectivity index (χ2n) is 6.97. The predicted octanol–water partition coefficient (Wildman–Crippen LogP) is 0.816. The van der Waals surface area contributed by atoms with Crippen molar-refractivity contribution in [1.82, 2.24) is 54.7 Å². The summed E-state index contributed by atoms with van der Waals surface area (Å²) >= 11 is 11.7. The second-order valence-corrected chi connectivity index (χ2v) is 7.79. The first-order valence-corrected chi connectivity index (χ1v) is 11.3. The fourth-order valence-corrected chi connectivity index (χ4v) is 3.28. The Bertz CT molecular complexity index is 1640. The van der Waals surface area contributed by atoms with Gasteiger partial charge in [-0.25, -0.2) is 30.0 Å². The molecule has 5 rings (SSSR count). The molecule has 5 N–H and O–H groups in total. The van der Waals surface area contributed by atoms with Gasteiger partial charge in [-0.3, -0.25) is 19.4 Å². The van der Waals surface area contributed by atoms with Crippen LogP contribution in [0, 0.1) is 0 Å². The molecular weight excluding hydrogens is 587 g/mol. The Kier molecular flexibility index (Phi) is 11.5. The highest BCUT2D eigenvalue weighted by Crippen LogP contribution is 2.28. The van der Waals surface area contributed by atoms with Crippen LogP contribution >= 0.6 is 23.2 Å². The SMILES string of the molecule is C.COC(=O)C(C(=O)OC)c1ncncc1Cl.Nc1ncn[nH]1.O=c1[nH]c2ncnn2c(O)c1-c1ncncc1Cl. The quantitative estimate of drug-likeness (QED) is 0.162. The van der Waals surface area contributed by atoms with E-state index in [1.165, 1.54) is 37.7 Å². The topological polar surface area (TPSA) is 255 Å². The van der Waals surface area contributed by atoms with E-state index in [4.69, 9.17) is 28.9 Å². The van der Waals surface area contributed by atoms with E-state index in [1.807, 2.05) is 0 Å². The molecule has 216 valence electrons. The molecule has 0 aliphatic heterocycles. The molecule has 5 aromatic heterocycles. The second kappa shape index (κ2) is 14.8. The number of aromatic nitrogens is 11. The van der Waals surface area contributed by atoms with Crippen LogP contribution in [0.2, 0.25) is 10.0 Å². The monoisotopic (exact) mass is 608 g/mol. The number of aromatic amines is 2. The molecule has 0 fully saturated rings. The average Bonchev–Trinajstić information content (AvgIpc) is 3.63. The molecule has 0 radical (unpaired) electrons. The molecule has 0 bridgehead atoms. The Hall–Kier alpha value is -5.23. The lowest BCUT2D eigenvalue weighted by Crippen LogP contribution is -2.25. The minimum absolute atomic E-state index is 0. The maximum absolute atomic E-state index is 11.9. The summed E-state index contributed by atoms with van der Waals surface area (Å²) in [6, 6.07) is 0. The van der Waals surface area contributed by atoms with E-state index in [1.54, 1.807) is 0 Å². The molecule has 5 aromatic rings. The lowest BCUT2D eigenvalue weighted by Gasteiger charge is -2.12. The lowest BCUT2D eigenvalue weighted by molar-refractivity contribution is -0.154. The Morgan fingerprint density at radius 3 is 2.12 bits per heavy atom. The first-order chi connectivity index (χ1) is 19.2. The summed E-state index contributed by atoms with van der Waals surface area (Å²) in [5.41, 5.74) is 4.60. The molecule has 0 saturated carbocycles. The zero-order valence-corrected chi connectivity index (χ0v) is 21.9. The van der Waals surface area contributed by atoms with Gasteiger partial charge in [0, 0.05) is 12.4 Å². The van der Waals surface area contributed by atoms with Crippen molar-refractivity contribution in [3.8, 4) is 17.1 Å². The highest BCUT2D eigenvalue weighted by Gasteiger charge is 2.33. The van der Waals surface area contributed by atoms with Crippen LogP contribution in [0.1, 0.15) is 19.0 Å². The number of halogens is 2. The van der Waals surface area contributed by atoms with Crippen LogP contribution in [0.25, 0.3) is 17.0 Å². The van der Waals surface area contributed by atoms with E-state index < -0.39 is 23.4 Å². The number of H-pyrrole nitrogens is 2. The van der Waals surface area contributed by atoms with Crippen molar-refractivity contribution in [1.29, 1.82) is 0 Å². The number of nitrogens with two attached hydrogens (primary N) is 1. The number of hydrogen-bond acceptors (Lipinski definition) is 15. The van der Waals surface area contributed by atoms with Crippen molar-refractivity contribution >= 4 is 46.9 Å². The molecule has 0 aromatic carbocycles. The predicted molar refractivity (Wildman–Crippen MR) is 143 cm³/mol. The number of nitrogen functional groups attached to an aromatic ring is 1. The van der Waals surface area contributed by atoms with E-state index in [-0.39, 0.29) is 46.1 Å². The summed E-state index contributed by atoms with van der Waals surface area (Å²) in [5.74, 6) is -2.75. The molecular formula is C21H22Cl2N12O6. The number of nitrogens with zero attached hydrogens (tertiary/aromatic N) is 9. The van der Waals surface area contributed by atoms with Gasteiger partial charge in [-0.15, -0.1) is 0 Å². The Balaban J connectivity index is 0.000000235. The van der Waals surface area contributed by atoms with Gasteiger partial charge in [0.1, 0.15) is 36.6 Å². The summed E-state index contributed by atoms with van der Waals surface area (Å²) in [6.07, 6.45) is 7.58. The van der Waals surface area contributed by atoms with Crippen LogP contribution in [0.5, 0.6) is 5.88 Å². The van der Waals surface area contributed by atoms with Crippen molar-refractivity contribution in [2.45, 2.75) is 13.3 Å². The van der Waals surface area contributed by atoms with Crippen molar-refractivity contribution in [3.05, 3.63) is 63.8 Å². The number of fused-ring (bicyclic) bond motifs is 1. The molecule has 0 atom stereocenters. The smallest absolute Gasteiger partial charge is 0.326 e. The molecule has 18 nitrogen and oxygen atoms in total. The van der Waals surface area contributed by atoms with Crippen LogP contribution < -0.4 is 11.3 Å². The minimum Gasteiger partial charge on any atom is -0.493 e. The number of anilines is 1. The summed E-state index contributed by atoms with van der Waals surface area (Å²) in [7, 11) is 2.32. The van der Waals surface area contributed by atoms with E-state index in [0.717, 1.165) is 18.7 Å².